The van der Waals surface area contributed by atoms with E-state index < -0.39 is 6.10 Å². The number of aliphatic hydroxyl groups is 1. The van der Waals surface area contributed by atoms with Gasteiger partial charge in [0.25, 0.3) is 0 Å². The van der Waals surface area contributed by atoms with Gasteiger partial charge < -0.3 is 20.5 Å². The van der Waals surface area contributed by atoms with Gasteiger partial charge in [0, 0.05) is 13.6 Å². The van der Waals surface area contributed by atoms with Crippen LogP contribution in [0.15, 0.2) is 0 Å². The molecule has 1 aromatic rings. The Morgan fingerprint density at radius 2 is 1.75 bits per heavy atom. The van der Waals surface area contributed by atoms with E-state index >= 15 is 0 Å². The van der Waals surface area contributed by atoms with Gasteiger partial charge in [-0.3, -0.25) is 0 Å². The lowest BCUT2D eigenvalue weighted by molar-refractivity contribution is 0.114. The molecule has 0 saturated carbocycles. The summed E-state index contributed by atoms with van der Waals surface area (Å²) in [5.74, 6) is 1.11. The van der Waals surface area contributed by atoms with Gasteiger partial charge in [-0.15, -0.1) is 0 Å². The van der Waals surface area contributed by atoms with Gasteiger partial charge in [0.05, 0.1) is 12.7 Å². The van der Waals surface area contributed by atoms with Crippen molar-refractivity contribution < 1.29 is 9.84 Å². The van der Waals surface area contributed by atoms with E-state index in [0.29, 0.717) is 25.0 Å². The van der Waals surface area contributed by atoms with Crippen LogP contribution in [0.5, 0.6) is 6.01 Å². The van der Waals surface area contributed by atoms with Crippen LogP contribution in [0.3, 0.4) is 0 Å². The summed E-state index contributed by atoms with van der Waals surface area (Å²) < 4.78 is 5.28. The molecule has 0 aliphatic heterocycles. The number of hydrogen-bond acceptors (Lipinski definition) is 7. The van der Waals surface area contributed by atoms with Crippen LogP contribution < -0.4 is 15.4 Å². The Morgan fingerprint density at radius 3 is 2.30 bits per heavy atom. The number of aromatic nitrogens is 3. The van der Waals surface area contributed by atoms with Crippen LogP contribution in [0, 0.1) is 5.92 Å². The zero-order valence-corrected chi connectivity index (χ0v) is 12.7. The Balaban J connectivity index is 2.68. The Hall–Kier alpha value is -1.63. The summed E-state index contributed by atoms with van der Waals surface area (Å²) in [6.45, 7) is 6.92. The van der Waals surface area contributed by atoms with Crippen molar-refractivity contribution in [2.45, 2.75) is 39.7 Å². The molecule has 1 unspecified atom stereocenters. The summed E-state index contributed by atoms with van der Waals surface area (Å²) in [6, 6.07) is 0.270. The quantitative estimate of drug-likeness (QED) is 0.632. The predicted octanol–water partition coefficient (Wildman–Crippen LogP) is 1.52. The Kier molecular flexibility index (Phi) is 7.00. The standard InChI is InChI=1S/C13H25N5O2/c1-5-9(6-2)10(19)8-15-12-16-11(14-4)17-13(18-12)20-7-3/h9-10,19H,5-8H2,1-4H3,(H2,14,15,16,17,18). The molecule has 0 radical (unpaired) electrons. The molecule has 20 heavy (non-hydrogen) atoms. The third-order valence-corrected chi connectivity index (χ3v) is 3.17. The summed E-state index contributed by atoms with van der Waals surface area (Å²) >= 11 is 0. The van der Waals surface area contributed by atoms with Crippen molar-refractivity contribution in [2.75, 3.05) is 30.8 Å². The van der Waals surface area contributed by atoms with Crippen LogP contribution in [0.1, 0.15) is 33.6 Å². The second-order valence-electron chi connectivity index (χ2n) is 4.47. The first-order valence-corrected chi connectivity index (χ1v) is 7.13. The SMILES string of the molecule is CCOc1nc(NC)nc(NCC(O)C(CC)CC)n1. The molecular weight excluding hydrogens is 258 g/mol. The lowest BCUT2D eigenvalue weighted by Crippen LogP contribution is -2.28. The maximum atomic E-state index is 10.1. The Bertz CT molecular complexity index is 398. The number of ether oxygens (including phenoxy) is 1. The summed E-state index contributed by atoms with van der Waals surface area (Å²) in [7, 11) is 1.73. The van der Waals surface area contributed by atoms with Crippen molar-refractivity contribution in [1.29, 1.82) is 0 Å². The van der Waals surface area contributed by atoms with E-state index in [0.717, 1.165) is 12.8 Å². The van der Waals surface area contributed by atoms with Crippen molar-refractivity contribution in [3.8, 4) is 6.01 Å². The lowest BCUT2D eigenvalue weighted by atomic mass is 9.97. The Morgan fingerprint density at radius 1 is 1.10 bits per heavy atom. The van der Waals surface area contributed by atoms with Crippen molar-refractivity contribution in [1.82, 2.24) is 15.0 Å². The molecule has 0 spiro atoms. The first-order chi connectivity index (χ1) is 9.64. The van der Waals surface area contributed by atoms with Gasteiger partial charge in [0.15, 0.2) is 0 Å². The van der Waals surface area contributed by atoms with Gasteiger partial charge in [-0.05, 0) is 12.8 Å². The average molecular weight is 283 g/mol. The predicted molar refractivity (Wildman–Crippen MR) is 79.1 cm³/mol. The molecule has 7 heteroatoms. The molecule has 1 atom stereocenters. The molecule has 1 heterocycles. The maximum Gasteiger partial charge on any atom is 0.323 e. The molecule has 0 saturated heterocycles. The number of anilines is 2. The topological polar surface area (TPSA) is 92.2 Å². The highest BCUT2D eigenvalue weighted by Gasteiger charge is 2.16. The van der Waals surface area contributed by atoms with Gasteiger partial charge in [-0.25, -0.2) is 0 Å². The zero-order valence-electron chi connectivity index (χ0n) is 12.7. The average Bonchev–Trinajstić information content (AvgIpc) is 2.46. The van der Waals surface area contributed by atoms with Crippen LogP contribution in [0.2, 0.25) is 0 Å². The van der Waals surface area contributed by atoms with Crippen molar-refractivity contribution in [3.63, 3.8) is 0 Å². The molecule has 1 aromatic heterocycles. The smallest absolute Gasteiger partial charge is 0.323 e. The fraction of sp³-hybridized carbons (Fsp3) is 0.769. The van der Waals surface area contributed by atoms with E-state index in [9.17, 15) is 5.11 Å². The van der Waals surface area contributed by atoms with Crippen LogP contribution in [0.4, 0.5) is 11.9 Å². The number of rotatable bonds is 9. The monoisotopic (exact) mass is 283 g/mol. The number of nitrogens with zero attached hydrogens (tertiary/aromatic N) is 3. The van der Waals surface area contributed by atoms with Crippen molar-refractivity contribution in [2.24, 2.45) is 5.92 Å². The highest BCUT2D eigenvalue weighted by Crippen LogP contribution is 2.15. The van der Waals surface area contributed by atoms with Crippen molar-refractivity contribution >= 4 is 11.9 Å². The van der Waals surface area contributed by atoms with E-state index in [1.54, 1.807) is 7.05 Å². The van der Waals surface area contributed by atoms with Gasteiger partial charge in [-0.1, -0.05) is 26.7 Å². The van der Waals surface area contributed by atoms with Crippen molar-refractivity contribution in [3.05, 3.63) is 0 Å². The first kappa shape index (κ1) is 16.4. The highest BCUT2D eigenvalue weighted by atomic mass is 16.5. The van der Waals surface area contributed by atoms with Crippen LogP contribution >= 0.6 is 0 Å². The fourth-order valence-electron chi connectivity index (χ4n) is 1.94. The van der Waals surface area contributed by atoms with Gasteiger partial charge in [0.2, 0.25) is 11.9 Å². The molecule has 7 nitrogen and oxygen atoms in total. The molecule has 0 aromatic carbocycles. The van der Waals surface area contributed by atoms with E-state index in [4.69, 9.17) is 4.74 Å². The normalized spacial score (nSPS) is 12.3. The van der Waals surface area contributed by atoms with Gasteiger partial charge in [0.1, 0.15) is 0 Å². The highest BCUT2D eigenvalue weighted by molar-refractivity contribution is 5.35. The van der Waals surface area contributed by atoms with Gasteiger partial charge >= 0.3 is 6.01 Å². The molecule has 0 fully saturated rings. The molecule has 1 rings (SSSR count). The van der Waals surface area contributed by atoms with Crippen LogP contribution in [-0.2, 0) is 0 Å². The van der Waals surface area contributed by atoms with E-state index in [1.807, 2.05) is 6.92 Å². The van der Waals surface area contributed by atoms with Crippen LogP contribution in [-0.4, -0.2) is 46.4 Å². The van der Waals surface area contributed by atoms with E-state index in [1.165, 1.54) is 0 Å². The molecular formula is C13H25N5O2. The zero-order chi connectivity index (χ0) is 15.0. The third-order valence-electron chi connectivity index (χ3n) is 3.17. The summed E-state index contributed by atoms with van der Waals surface area (Å²) in [5.41, 5.74) is 0. The number of hydrogen-bond donors (Lipinski definition) is 3. The summed E-state index contributed by atoms with van der Waals surface area (Å²) in [4.78, 5) is 12.4. The molecule has 114 valence electrons. The summed E-state index contributed by atoms with van der Waals surface area (Å²) in [6.07, 6.45) is 1.47. The maximum absolute atomic E-state index is 10.1. The minimum atomic E-state index is -0.421. The third kappa shape index (κ3) is 4.80. The number of aliphatic hydroxyl groups excluding tert-OH is 1. The molecule has 0 bridgehead atoms. The molecule has 0 aliphatic rings. The Labute approximate surface area is 120 Å². The lowest BCUT2D eigenvalue weighted by Gasteiger charge is -2.20. The summed E-state index contributed by atoms with van der Waals surface area (Å²) in [5, 5.41) is 16.0. The van der Waals surface area contributed by atoms with E-state index in [-0.39, 0.29) is 11.9 Å². The second kappa shape index (κ2) is 8.52. The fourth-order valence-corrected chi connectivity index (χ4v) is 1.94. The molecule has 0 amide bonds. The first-order valence-electron chi connectivity index (χ1n) is 7.13. The molecule has 0 aliphatic carbocycles. The minimum absolute atomic E-state index is 0.270. The largest absolute Gasteiger partial charge is 0.464 e. The number of nitrogens with one attached hydrogen (secondary N) is 2. The van der Waals surface area contributed by atoms with Gasteiger partial charge in [-0.2, -0.15) is 15.0 Å². The van der Waals surface area contributed by atoms with E-state index in [2.05, 4.69) is 39.4 Å². The molecule has 3 N–H and O–H groups in total. The minimum Gasteiger partial charge on any atom is -0.464 e. The van der Waals surface area contributed by atoms with Crippen LogP contribution in [0.25, 0.3) is 0 Å². The second-order valence-corrected chi connectivity index (χ2v) is 4.47.